The molecule has 0 fully saturated rings. The van der Waals surface area contributed by atoms with Gasteiger partial charge in [-0.25, -0.2) is 9.86 Å². The summed E-state index contributed by atoms with van der Waals surface area (Å²) in [5, 5.41) is 27.5. The lowest BCUT2D eigenvalue weighted by atomic mass is 9.94. The molecule has 0 heterocycles. The predicted octanol–water partition coefficient (Wildman–Crippen LogP) is 1.26. The van der Waals surface area contributed by atoms with Gasteiger partial charge in [0.2, 0.25) is 6.41 Å². The zero-order valence-corrected chi connectivity index (χ0v) is 11.3. The molecule has 0 spiro atoms. The summed E-state index contributed by atoms with van der Waals surface area (Å²) in [6.07, 6.45) is 1.07. The summed E-state index contributed by atoms with van der Waals surface area (Å²) in [5.74, 6) is -2.76. The molecule has 1 unspecified atom stereocenters. The third-order valence-electron chi connectivity index (χ3n) is 3.07. The average Bonchev–Trinajstić information content (AvgIpc) is 2.46. The third-order valence-corrected chi connectivity index (χ3v) is 3.07. The fraction of sp³-hybridized carbons (Fsp3) is 0.357. The number of aliphatic carboxylic acids is 1. The molecule has 1 atom stereocenters. The molecule has 114 valence electrons. The number of nitrogens with zero attached hydrogens (tertiary/aromatic N) is 1. The second-order valence-electron chi connectivity index (χ2n) is 4.66. The van der Waals surface area contributed by atoms with E-state index in [1.54, 1.807) is 12.1 Å². The van der Waals surface area contributed by atoms with Crippen molar-refractivity contribution in [2.75, 3.05) is 6.54 Å². The molecule has 0 bridgehead atoms. The molecule has 0 aromatic heterocycles. The summed E-state index contributed by atoms with van der Waals surface area (Å²) in [5.41, 5.74) is 0.734. The summed E-state index contributed by atoms with van der Waals surface area (Å²) < 4.78 is 0. The molecule has 0 saturated carbocycles. The van der Waals surface area contributed by atoms with Crippen LogP contribution in [0.2, 0.25) is 0 Å². The van der Waals surface area contributed by atoms with E-state index in [9.17, 15) is 19.5 Å². The highest BCUT2D eigenvalue weighted by molar-refractivity contribution is 5.87. The number of benzene rings is 1. The fourth-order valence-electron chi connectivity index (χ4n) is 1.98. The Kier molecular flexibility index (Phi) is 6.35. The normalized spacial score (nSPS) is 11.7. The number of aromatic carboxylic acids is 1. The molecule has 21 heavy (non-hydrogen) atoms. The second-order valence-corrected chi connectivity index (χ2v) is 4.66. The SMILES string of the molecule is O=CN(O)CCCC(Cc1cccc(C(=O)O)c1)C(=O)O. The smallest absolute Gasteiger partial charge is 0.335 e. The number of hydroxylamine groups is 2. The Bertz CT molecular complexity index is 516. The van der Waals surface area contributed by atoms with E-state index in [0.29, 0.717) is 17.0 Å². The van der Waals surface area contributed by atoms with E-state index in [0.717, 1.165) is 0 Å². The van der Waals surface area contributed by atoms with Crippen LogP contribution in [0.5, 0.6) is 0 Å². The van der Waals surface area contributed by atoms with Crippen molar-refractivity contribution in [2.45, 2.75) is 19.3 Å². The van der Waals surface area contributed by atoms with Gasteiger partial charge in [-0.05, 0) is 37.0 Å². The van der Waals surface area contributed by atoms with Gasteiger partial charge in [0.05, 0.1) is 11.5 Å². The number of carboxylic acid groups (broad SMARTS) is 2. The summed E-state index contributed by atoms with van der Waals surface area (Å²) in [6, 6.07) is 6.13. The molecule has 0 aliphatic rings. The minimum atomic E-state index is -1.06. The van der Waals surface area contributed by atoms with Gasteiger partial charge in [0.15, 0.2) is 0 Å². The lowest BCUT2D eigenvalue weighted by molar-refractivity contribution is -0.150. The molecule has 1 amide bonds. The van der Waals surface area contributed by atoms with Crippen LogP contribution in [0.15, 0.2) is 24.3 Å². The van der Waals surface area contributed by atoms with Gasteiger partial charge in [-0.3, -0.25) is 14.8 Å². The topological polar surface area (TPSA) is 115 Å². The monoisotopic (exact) mass is 295 g/mol. The number of rotatable bonds is 9. The molecular formula is C14H17NO6. The number of hydrogen-bond acceptors (Lipinski definition) is 4. The van der Waals surface area contributed by atoms with Gasteiger partial charge in [-0.15, -0.1) is 0 Å². The highest BCUT2D eigenvalue weighted by Crippen LogP contribution is 2.16. The number of carbonyl (C=O) groups excluding carboxylic acids is 1. The van der Waals surface area contributed by atoms with E-state index in [2.05, 4.69) is 0 Å². The molecule has 0 aliphatic carbocycles. The molecule has 1 aromatic rings. The lowest BCUT2D eigenvalue weighted by Crippen LogP contribution is -2.22. The number of carbonyl (C=O) groups is 3. The second kappa shape index (κ2) is 8.01. The first-order chi connectivity index (χ1) is 9.93. The Labute approximate surface area is 121 Å². The van der Waals surface area contributed by atoms with Gasteiger partial charge in [0, 0.05) is 6.54 Å². The summed E-state index contributed by atoms with van der Waals surface area (Å²) >= 11 is 0. The Hall–Kier alpha value is -2.41. The van der Waals surface area contributed by atoms with Crippen LogP contribution in [0.25, 0.3) is 0 Å². The average molecular weight is 295 g/mol. The van der Waals surface area contributed by atoms with Crippen LogP contribution in [0.3, 0.4) is 0 Å². The van der Waals surface area contributed by atoms with Crippen molar-refractivity contribution in [3.63, 3.8) is 0 Å². The number of hydrogen-bond donors (Lipinski definition) is 3. The maximum absolute atomic E-state index is 11.2. The van der Waals surface area contributed by atoms with Crippen LogP contribution in [-0.2, 0) is 16.0 Å². The minimum absolute atomic E-state index is 0.0580. The van der Waals surface area contributed by atoms with E-state index in [1.165, 1.54) is 12.1 Å². The van der Waals surface area contributed by atoms with Crippen molar-refractivity contribution < 1.29 is 29.8 Å². The van der Waals surface area contributed by atoms with Crippen LogP contribution < -0.4 is 0 Å². The number of amides is 1. The van der Waals surface area contributed by atoms with Gasteiger partial charge in [0.25, 0.3) is 0 Å². The Balaban J connectivity index is 2.66. The van der Waals surface area contributed by atoms with Crippen LogP contribution in [0, 0.1) is 5.92 Å². The maximum Gasteiger partial charge on any atom is 0.335 e. The van der Waals surface area contributed by atoms with Gasteiger partial charge in [-0.1, -0.05) is 12.1 Å². The van der Waals surface area contributed by atoms with Crippen molar-refractivity contribution in [3.05, 3.63) is 35.4 Å². The van der Waals surface area contributed by atoms with E-state index in [-0.39, 0.29) is 31.4 Å². The number of carboxylic acids is 2. The first-order valence-corrected chi connectivity index (χ1v) is 6.40. The van der Waals surface area contributed by atoms with Gasteiger partial charge in [0.1, 0.15) is 0 Å². The molecule has 7 nitrogen and oxygen atoms in total. The van der Waals surface area contributed by atoms with E-state index >= 15 is 0 Å². The third kappa shape index (κ3) is 5.62. The first-order valence-electron chi connectivity index (χ1n) is 6.40. The van der Waals surface area contributed by atoms with Gasteiger partial charge < -0.3 is 10.2 Å². The zero-order valence-electron chi connectivity index (χ0n) is 11.3. The van der Waals surface area contributed by atoms with E-state index in [1.807, 2.05) is 0 Å². The highest BCUT2D eigenvalue weighted by atomic mass is 16.5. The lowest BCUT2D eigenvalue weighted by Gasteiger charge is -2.14. The molecule has 1 rings (SSSR count). The predicted molar refractivity (Wildman–Crippen MR) is 72.0 cm³/mol. The van der Waals surface area contributed by atoms with Crippen molar-refractivity contribution >= 4 is 18.3 Å². The van der Waals surface area contributed by atoms with Crippen LogP contribution in [-0.4, -0.2) is 45.4 Å². The summed E-state index contributed by atoms with van der Waals surface area (Å²) in [6.45, 7) is 0.0580. The van der Waals surface area contributed by atoms with Crippen molar-refractivity contribution in [1.82, 2.24) is 5.06 Å². The first kappa shape index (κ1) is 16.6. The van der Waals surface area contributed by atoms with Gasteiger partial charge >= 0.3 is 11.9 Å². The molecule has 1 aromatic carbocycles. The van der Waals surface area contributed by atoms with Crippen LogP contribution in [0.1, 0.15) is 28.8 Å². The standard InChI is InChI=1S/C14H17NO6/c16-9-15(21)6-2-5-12(14(19)20)8-10-3-1-4-11(7-10)13(17)18/h1,3-4,7,9,12,21H,2,5-6,8H2,(H,17,18)(H,19,20). The van der Waals surface area contributed by atoms with E-state index in [4.69, 9.17) is 10.3 Å². The Morgan fingerprint density at radius 1 is 1.29 bits per heavy atom. The van der Waals surface area contributed by atoms with Crippen molar-refractivity contribution in [2.24, 2.45) is 5.92 Å². The van der Waals surface area contributed by atoms with Crippen molar-refractivity contribution in [3.8, 4) is 0 Å². The molecule has 0 saturated heterocycles. The molecule has 0 aliphatic heterocycles. The summed E-state index contributed by atoms with van der Waals surface area (Å²) in [7, 11) is 0. The fourth-order valence-corrected chi connectivity index (χ4v) is 1.98. The minimum Gasteiger partial charge on any atom is -0.481 e. The zero-order chi connectivity index (χ0) is 15.8. The Morgan fingerprint density at radius 3 is 2.57 bits per heavy atom. The van der Waals surface area contributed by atoms with Crippen molar-refractivity contribution in [1.29, 1.82) is 0 Å². The highest BCUT2D eigenvalue weighted by Gasteiger charge is 2.18. The largest absolute Gasteiger partial charge is 0.481 e. The maximum atomic E-state index is 11.2. The van der Waals surface area contributed by atoms with Crippen LogP contribution >= 0.6 is 0 Å². The molecular weight excluding hydrogens is 278 g/mol. The molecule has 3 N–H and O–H groups in total. The van der Waals surface area contributed by atoms with E-state index < -0.39 is 17.9 Å². The molecule has 0 radical (unpaired) electrons. The molecule has 7 heteroatoms. The summed E-state index contributed by atoms with van der Waals surface area (Å²) in [4.78, 5) is 32.3. The van der Waals surface area contributed by atoms with Crippen LogP contribution in [0.4, 0.5) is 0 Å². The Morgan fingerprint density at radius 2 is 2.00 bits per heavy atom. The van der Waals surface area contributed by atoms with Gasteiger partial charge in [-0.2, -0.15) is 0 Å². The quantitative estimate of drug-likeness (QED) is 0.359.